The van der Waals surface area contributed by atoms with Gasteiger partial charge in [0.2, 0.25) is 11.9 Å². The molecule has 4 N–H and O–H groups in total. The molecule has 15 heteroatoms. The van der Waals surface area contributed by atoms with E-state index in [1.165, 1.54) is 11.3 Å². The van der Waals surface area contributed by atoms with Crippen molar-refractivity contribution in [1.29, 1.82) is 5.26 Å². The lowest BCUT2D eigenvalue weighted by Crippen LogP contribution is -2.57. The number of rotatable bonds is 9. The molecule has 3 saturated heterocycles. The van der Waals surface area contributed by atoms with Crippen LogP contribution in [0.3, 0.4) is 0 Å². The molecule has 7 rings (SSSR count). The van der Waals surface area contributed by atoms with Crippen molar-refractivity contribution < 1.29 is 13.5 Å². The minimum atomic E-state index is -0.885. The van der Waals surface area contributed by atoms with Gasteiger partial charge in [-0.25, -0.2) is 13.8 Å². The summed E-state index contributed by atoms with van der Waals surface area (Å²) in [4.78, 5) is 25.5. The molecular weight excluding hydrogens is 607 g/mol. The second-order valence-corrected chi connectivity index (χ2v) is 14.5. The van der Waals surface area contributed by atoms with Crippen molar-refractivity contribution >= 4 is 45.8 Å². The van der Waals surface area contributed by atoms with E-state index in [0.29, 0.717) is 48.4 Å². The van der Waals surface area contributed by atoms with Crippen molar-refractivity contribution in [3.05, 3.63) is 39.9 Å². The Bertz CT molecular complexity index is 1610. The van der Waals surface area contributed by atoms with Crippen molar-refractivity contribution in [2.75, 3.05) is 67.3 Å². The van der Waals surface area contributed by atoms with Crippen molar-refractivity contribution in [2.24, 2.45) is 0 Å². The maximum absolute atomic E-state index is 14.5. The Hall–Kier alpha value is -3.48. The molecule has 0 unspecified atom stereocenters. The van der Waals surface area contributed by atoms with Crippen LogP contribution in [0.2, 0.25) is 0 Å². The number of hydrogen-bond acceptors (Lipinski definition) is 13. The Morgan fingerprint density at radius 2 is 2.14 bits per heavy atom. The first-order valence-corrected chi connectivity index (χ1v) is 16.6. The Morgan fingerprint density at radius 1 is 1.30 bits per heavy atom. The number of halogens is 2. The number of alkyl halides is 2. The normalized spacial score (nSPS) is 24.1. The molecule has 3 aromatic rings. The van der Waals surface area contributed by atoms with Crippen LogP contribution in [0.5, 0.6) is 6.01 Å². The third kappa shape index (κ3) is 4.78. The highest BCUT2D eigenvalue weighted by Crippen LogP contribution is 2.57. The summed E-state index contributed by atoms with van der Waals surface area (Å²) in [6.07, 6.45) is 2.99. The first kappa shape index (κ1) is 29.2. The van der Waals surface area contributed by atoms with E-state index >= 15 is 0 Å². The monoisotopic (exact) mass is 640 g/mol. The summed E-state index contributed by atoms with van der Waals surface area (Å²) in [5.41, 5.74) is 14.3. The molecule has 0 saturated carbocycles. The minimum Gasteiger partial charge on any atom is -0.461 e. The van der Waals surface area contributed by atoms with Crippen LogP contribution in [0.15, 0.2) is 18.3 Å². The van der Waals surface area contributed by atoms with E-state index in [-0.39, 0.29) is 35.4 Å². The number of thiophene rings is 1. The van der Waals surface area contributed by atoms with Gasteiger partial charge in [0.05, 0.1) is 21.9 Å². The van der Waals surface area contributed by atoms with Crippen molar-refractivity contribution in [3.8, 4) is 12.1 Å². The number of hydrogen-bond donors (Lipinski definition) is 2. The van der Waals surface area contributed by atoms with Crippen molar-refractivity contribution in [1.82, 2.24) is 24.8 Å². The van der Waals surface area contributed by atoms with Gasteiger partial charge in [-0.2, -0.15) is 20.2 Å². The lowest BCUT2D eigenvalue weighted by Gasteiger charge is -2.47. The molecular formula is C29H34F2N10OS2. The second-order valence-electron chi connectivity index (χ2n) is 12.0. The fourth-order valence-electron chi connectivity index (χ4n) is 7.26. The number of nitrogens with zero attached hydrogens (tertiary/aromatic N) is 8. The summed E-state index contributed by atoms with van der Waals surface area (Å²) in [6.45, 7) is 3.96. The van der Waals surface area contributed by atoms with Crippen LogP contribution in [0.1, 0.15) is 53.8 Å². The van der Waals surface area contributed by atoms with Gasteiger partial charge in [0, 0.05) is 60.6 Å². The molecule has 0 amide bonds. The molecule has 7 heterocycles. The van der Waals surface area contributed by atoms with Gasteiger partial charge in [-0.3, -0.25) is 4.90 Å². The van der Waals surface area contributed by atoms with Crippen molar-refractivity contribution in [2.45, 2.75) is 54.4 Å². The predicted molar refractivity (Wildman–Crippen MR) is 167 cm³/mol. The zero-order chi connectivity index (χ0) is 30.6. The third-order valence-corrected chi connectivity index (χ3v) is 12.1. The highest BCUT2D eigenvalue weighted by molar-refractivity contribution is 8.00. The van der Waals surface area contributed by atoms with E-state index < -0.39 is 18.9 Å². The Morgan fingerprint density at radius 3 is 2.91 bits per heavy atom. The Labute approximate surface area is 262 Å². The SMILES string of the molecule is C[C@H](c1cccnc1N)N(CCF)c1nc(OC[C@@]23CCCN2C[C@H](F)C3)nc(N2CC3(C2)SCc2sc(N)c(C#N)c23)n1. The molecule has 0 radical (unpaired) electrons. The fraction of sp³-hybridized carbons (Fsp3) is 0.552. The van der Waals surface area contributed by atoms with Crippen LogP contribution in [0, 0.1) is 11.3 Å². The van der Waals surface area contributed by atoms with E-state index in [1.54, 1.807) is 28.9 Å². The smallest absolute Gasteiger partial charge is 0.323 e. The maximum Gasteiger partial charge on any atom is 0.323 e. The number of nitrogen functional groups attached to an aromatic ring is 2. The Balaban J connectivity index is 1.22. The summed E-state index contributed by atoms with van der Waals surface area (Å²) < 4.78 is 34.5. The summed E-state index contributed by atoms with van der Waals surface area (Å²) in [5, 5.41) is 10.4. The van der Waals surface area contributed by atoms with Gasteiger partial charge in [0.25, 0.3) is 0 Å². The number of nitrogens with two attached hydrogens (primary N) is 2. The standard InChI is InChI=1S/C29H34F2N10OS2/c1-17(19-4-2-7-35-23(19)33)41(9-6-30)26-36-25(37-27(38-26)42-16-28-5-3-8-40(28)12-18(31)10-28)39-14-29(15-39)22-20(11-32)24(34)44-21(22)13-43-29/h2,4,7,17-18H,3,5-6,8-10,12-16,34H2,1H3,(H2,33,35)/t17-,18-,28+/m1/s1. The maximum atomic E-state index is 14.5. The highest BCUT2D eigenvalue weighted by atomic mass is 32.2. The first-order valence-electron chi connectivity index (χ1n) is 14.8. The molecule has 1 spiro atoms. The van der Waals surface area contributed by atoms with Crippen LogP contribution in [-0.4, -0.2) is 82.6 Å². The summed E-state index contributed by atoms with van der Waals surface area (Å²) in [5.74, 6) is 1.81. The quantitative estimate of drug-likeness (QED) is 0.351. The average Bonchev–Trinajstić information content (AvgIpc) is 3.72. The van der Waals surface area contributed by atoms with Crippen LogP contribution in [-0.2, 0) is 10.5 Å². The van der Waals surface area contributed by atoms with Gasteiger partial charge < -0.3 is 26.0 Å². The van der Waals surface area contributed by atoms with Crippen LogP contribution in [0.4, 0.5) is 31.5 Å². The van der Waals surface area contributed by atoms with Gasteiger partial charge >= 0.3 is 6.01 Å². The number of anilines is 4. The summed E-state index contributed by atoms with van der Waals surface area (Å²) in [6, 6.07) is 5.66. The third-order valence-electron chi connectivity index (χ3n) is 9.42. The predicted octanol–water partition coefficient (Wildman–Crippen LogP) is 3.82. The molecule has 44 heavy (non-hydrogen) atoms. The molecule has 4 aliphatic heterocycles. The number of pyridine rings is 1. The number of aromatic nitrogens is 4. The molecule has 3 fully saturated rings. The first-order chi connectivity index (χ1) is 21.3. The molecule has 11 nitrogen and oxygen atoms in total. The minimum absolute atomic E-state index is 0.0164. The topological polar surface area (TPSA) is 146 Å². The zero-order valence-electron chi connectivity index (χ0n) is 24.4. The van der Waals surface area contributed by atoms with E-state index in [0.717, 1.165) is 41.1 Å². The van der Waals surface area contributed by atoms with E-state index in [2.05, 4.69) is 20.9 Å². The summed E-state index contributed by atoms with van der Waals surface area (Å²) in [7, 11) is 0. The number of thioether (sulfide) groups is 1. The van der Waals surface area contributed by atoms with Gasteiger partial charge in [0.15, 0.2) is 0 Å². The van der Waals surface area contributed by atoms with Gasteiger partial charge in [-0.1, -0.05) is 6.07 Å². The van der Waals surface area contributed by atoms with E-state index in [9.17, 15) is 14.0 Å². The number of nitriles is 1. The zero-order valence-corrected chi connectivity index (χ0v) is 26.0. The average molecular weight is 641 g/mol. The molecule has 0 aliphatic carbocycles. The van der Waals surface area contributed by atoms with Crippen LogP contribution >= 0.6 is 23.1 Å². The number of fused-ring (bicyclic) bond motifs is 3. The molecule has 3 aromatic heterocycles. The van der Waals surface area contributed by atoms with Gasteiger partial charge in [0.1, 0.15) is 36.3 Å². The molecule has 232 valence electrons. The lowest BCUT2D eigenvalue weighted by atomic mass is 9.88. The van der Waals surface area contributed by atoms with E-state index in [1.807, 2.05) is 17.9 Å². The highest BCUT2D eigenvalue weighted by Gasteiger charge is 2.53. The van der Waals surface area contributed by atoms with Gasteiger partial charge in [-0.05, 0) is 32.4 Å². The van der Waals surface area contributed by atoms with Crippen molar-refractivity contribution in [3.63, 3.8) is 0 Å². The molecule has 0 aromatic carbocycles. The molecule has 3 atom stereocenters. The van der Waals surface area contributed by atoms with Gasteiger partial charge in [-0.15, -0.1) is 23.1 Å². The molecule has 4 aliphatic rings. The number of ether oxygens (including phenoxy) is 1. The summed E-state index contributed by atoms with van der Waals surface area (Å²) >= 11 is 3.29. The lowest BCUT2D eigenvalue weighted by molar-refractivity contribution is 0.107. The fourth-order valence-corrected chi connectivity index (χ4v) is 10.1. The molecule has 0 bridgehead atoms. The van der Waals surface area contributed by atoms with Crippen LogP contribution < -0.4 is 26.0 Å². The Kier molecular flexibility index (Phi) is 7.41. The second kappa shape index (κ2) is 11.1. The largest absolute Gasteiger partial charge is 0.461 e. The van der Waals surface area contributed by atoms with E-state index in [4.69, 9.17) is 26.2 Å². The van der Waals surface area contributed by atoms with Crippen LogP contribution in [0.25, 0.3) is 0 Å².